The zero-order chi connectivity index (χ0) is 15.4. The quantitative estimate of drug-likeness (QED) is 0.882. The van der Waals surface area contributed by atoms with Crippen LogP contribution in [-0.4, -0.2) is 24.3 Å². The molecule has 0 bridgehead atoms. The van der Waals surface area contributed by atoms with Crippen molar-refractivity contribution in [1.29, 1.82) is 0 Å². The number of rotatable bonds is 4. The van der Waals surface area contributed by atoms with Crippen LogP contribution in [0.5, 0.6) is 5.75 Å². The number of hydrogen-bond donors (Lipinski definition) is 1. The number of fused-ring (bicyclic) bond motifs is 1. The Kier molecular flexibility index (Phi) is 4.39. The maximum Gasteiger partial charge on any atom is 0.342 e. The Morgan fingerprint density at radius 2 is 2.00 bits per heavy atom. The molecule has 1 heterocycles. The second-order valence-electron chi connectivity index (χ2n) is 5.30. The van der Waals surface area contributed by atoms with Crippen LogP contribution in [-0.2, 0) is 11.3 Å². The molecule has 1 atom stereocenters. The molecule has 2 aromatic rings. The summed E-state index contributed by atoms with van der Waals surface area (Å²) in [6, 6.07) is 14.9. The molecule has 3 rings (SSSR count). The van der Waals surface area contributed by atoms with Crippen molar-refractivity contribution >= 4 is 5.97 Å². The first-order valence-electron chi connectivity index (χ1n) is 7.37. The summed E-state index contributed by atoms with van der Waals surface area (Å²) in [6.45, 7) is 0.785. The van der Waals surface area contributed by atoms with Gasteiger partial charge in [0.15, 0.2) is 0 Å². The van der Waals surface area contributed by atoms with Gasteiger partial charge in [0.2, 0.25) is 0 Å². The van der Waals surface area contributed by atoms with Crippen molar-refractivity contribution in [3.8, 4) is 5.75 Å². The molecule has 0 aromatic heterocycles. The van der Waals surface area contributed by atoms with E-state index in [1.54, 1.807) is 12.1 Å². The van der Waals surface area contributed by atoms with E-state index in [2.05, 4.69) is 0 Å². The molecule has 0 radical (unpaired) electrons. The first-order chi connectivity index (χ1) is 10.8. The van der Waals surface area contributed by atoms with Gasteiger partial charge in [0.25, 0.3) is 0 Å². The molecule has 0 saturated carbocycles. The fourth-order valence-electron chi connectivity index (χ4n) is 2.65. The van der Waals surface area contributed by atoms with Crippen molar-refractivity contribution in [3.05, 3.63) is 65.2 Å². The number of ether oxygens (including phenoxy) is 2. The van der Waals surface area contributed by atoms with Crippen molar-refractivity contribution in [2.45, 2.75) is 18.9 Å². The van der Waals surface area contributed by atoms with Gasteiger partial charge in [0.05, 0.1) is 13.2 Å². The predicted octanol–water partition coefficient (Wildman–Crippen LogP) is 2.90. The van der Waals surface area contributed by atoms with Gasteiger partial charge in [-0.05, 0) is 18.1 Å². The second kappa shape index (κ2) is 6.62. The molecular formula is C18H18O4. The molecular weight excluding hydrogens is 280 g/mol. The highest BCUT2D eigenvalue weighted by Crippen LogP contribution is 2.36. The Morgan fingerprint density at radius 3 is 2.77 bits per heavy atom. The maximum absolute atomic E-state index is 12.3. The van der Waals surface area contributed by atoms with E-state index in [9.17, 15) is 9.90 Å². The van der Waals surface area contributed by atoms with Crippen LogP contribution in [0.1, 0.15) is 33.8 Å². The van der Waals surface area contributed by atoms with Gasteiger partial charge < -0.3 is 14.6 Å². The lowest BCUT2D eigenvalue weighted by Crippen LogP contribution is -2.19. The van der Waals surface area contributed by atoms with Crippen molar-refractivity contribution < 1.29 is 19.4 Å². The van der Waals surface area contributed by atoms with Gasteiger partial charge in [-0.15, -0.1) is 0 Å². The molecule has 4 nitrogen and oxygen atoms in total. The van der Waals surface area contributed by atoms with E-state index in [-0.39, 0.29) is 19.1 Å². The third-order valence-electron chi connectivity index (χ3n) is 3.85. The van der Waals surface area contributed by atoms with Gasteiger partial charge in [-0.1, -0.05) is 42.5 Å². The minimum absolute atomic E-state index is 0.0191. The summed E-state index contributed by atoms with van der Waals surface area (Å²) in [5.74, 6) is 0.163. The molecule has 0 saturated heterocycles. The van der Waals surface area contributed by atoms with Gasteiger partial charge in [0.1, 0.15) is 17.9 Å². The summed E-state index contributed by atoms with van der Waals surface area (Å²) in [5, 5.41) is 9.45. The van der Waals surface area contributed by atoms with Crippen molar-refractivity contribution in [2.24, 2.45) is 0 Å². The molecule has 4 heteroatoms. The molecule has 0 amide bonds. The summed E-state index contributed by atoms with van der Waals surface area (Å²) in [4.78, 5) is 12.3. The van der Waals surface area contributed by atoms with E-state index < -0.39 is 5.97 Å². The fraction of sp³-hybridized carbons (Fsp3) is 0.278. The molecule has 1 unspecified atom stereocenters. The number of carbonyl (C=O) groups is 1. The van der Waals surface area contributed by atoms with E-state index in [1.165, 1.54) is 0 Å². The van der Waals surface area contributed by atoms with Crippen molar-refractivity contribution in [3.63, 3.8) is 0 Å². The molecule has 0 fully saturated rings. The Labute approximate surface area is 129 Å². The number of esters is 1. The SMILES string of the molecule is O=C(OCc1ccccc1)c1cccc2c1OCCC2CO. The second-order valence-corrected chi connectivity index (χ2v) is 5.30. The molecule has 1 aliphatic heterocycles. The number of para-hydroxylation sites is 1. The number of aliphatic hydroxyl groups excluding tert-OH is 1. The summed E-state index contributed by atoms with van der Waals surface area (Å²) < 4.78 is 11.0. The lowest BCUT2D eigenvalue weighted by atomic mass is 9.92. The highest BCUT2D eigenvalue weighted by atomic mass is 16.5. The zero-order valence-electron chi connectivity index (χ0n) is 12.2. The van der Waals surface area contributed by atoms with Gasteiger partial charge in [0, 0.05) is 11.5 Å². The summed E-state index contributed by atoms with van der Waals surface area (Å²) in [7, 11) is 0. The average Bonchev–Trinajstić information content (AvgIpc) is 2.59. The number of hydrogen-bond acceptors (Lipinski definition) is 4. The fourth-order valence-corrected chi connectivity index (χ4v) is 2.65. The third kappa shape index (κ3) is 2.97. The van der Waals surface area contributed by atoms with E-state index in [4.69, 9.17) is 9.47 Å². The first-order valence-corrected chi connectivity index (χ1v) is 7.37. The number of aliphatic hydroxyl groups is 1. The highest BCUT2D eigenvalue weighted by Gasteiger charge is 2.26. The smallest absolute Gasteiger partial charge is 0.342 e. The van der Waals surface area contributed by atoms with Gasteiger partial charge in [-0.2, -0.15) is 0 Å². The van der Waals surface area contributed by atoms with E-state index in [0.717, 1.165) is 17.5 Å². The molecule has 0 spiro atoms. The average molecular weight is 298 g/mol. The monoisotopic (exact) mass is 298 g/mol. The van der Waals surface area contributed by atoms with Gasteiger partial charge >= 0.3 is 5.97 Å². The zero-order valence-corrected chi connectivity index (χ0v) is 12.2. The van der Waals surface area contributed by atoms with Crippen molar-refractivity contribution in [1.82, 2.24) is 0 Å². The first kappa shape index (κ1) is 14.6. The van der Waals surface area contributed by atoms with Crippen LogP contribution < -0.4 is 4.74 Å². The third-order valence-corrected chi connectivity index (χ3v) is 3.85. The Balaban J connectivity index is 1.78. The Morgan fingerprint density at radius 1 is 1.18 bits per heavy atom. The summed E-state index contributed by atoms with van der Waals surface area (Å²) >= 11 is 0. The Bertz CT molecular complexity index is 651. The predicted molar refractivity (Wildman–Crippen MR) is 81.9 cm³/mol. The van der Waals surface area contributed by atoms with Crippen LogP contribution in [0, 0.1) is 0 Å². The normalized spacial score (nSPS) is 16.5. The largest absolute Gasteiger partial charge is 0.492 e. The molecule has 1 aliphatic rings. The van der Waals surface area contributed by atoms with E-state index in [0.29, 0.717) is 17.9 Å². The van der Waals surface area contributed by atoms with Crippen LogP contribution >= 0.6 is 0 Å². The lowest BCUT2D eigenvalue weighted by Gasteiger charge is -2.25. The summed E-state index contributed by atoms with van der Waals surface area (Å²) in [6.07, 6.45) is 0.756. The van der Waals surface area contributed by atoms with E-state index in [1.807, 2.05) is 36.4 Å². The minimum Gasteiger partial charge on any atom is -0.492 e. The van der Waals surface area contributed by atoms with Crippen LogP contribution in [0.25, 0.3) is 0 Å². The highest BCUT2D eigenvalue weighted by molar-refractivity contribution is 5.93. The van der Waals surface area contributed by atoms with Gasteiger partial charge in [-0.3, -0.25) is 0 Å². The Hall–Kier alpha value is -2.33. The number of carbonyl (C=O) groups excluding carboxylic acids is 1. The lowest BCUT2D eigenvalue weighted by molar-refractivity contribution is 0.0466. The molecule has 0 aliphatic carbocycles. The van der Waals surface area contributed by atoms with Crippen LogP contribution in [0.15, 0.2) is 48.5 Å². The van der Waals surface area contributed by atoms with Crippen LogP contribution in [0.3, 0.4) is 0 Å². The van der Waals surface area contributed by atoms with E-state index >= 15 is 0 Å². The molecule has 22 heavy (non-hydrogen) atoms. The topological polar surface area (TPSA) is 55.8 Å². The van der Waals surface area contributed by atoms with Crippen LogP contribution in [0.4, 0.5) is 0 Å². The maximum atomic E-state index is 12.3. The molecule has 1 N–H and O–H groups in total. The molecule has 2 aromatic carbocycles. The molecule has 114 valence electrons. The minimum atomic E-state index is -0.403. The summed E-state index contributed by atoms with van der Waals surface area (Å²) in [5.41, 5.74) is 2.24. The standard InChI is InChI=1S/C18H18O4/c19-11-14-9-10-21-17-15(14)7-4-8-16(17)18(20)22-12-13-5-2-1-3-6-13/h1-8,14,19H,9-12H2. The number of benzene rings is 2. The van der Waals surface area contributed by atoms with Crippen molar-refractivity contribution in [2.75, 3.05) is 13.2 Å². The van der Waals surface area contributed by atoms with Crippen LogP contribution in [0.2, 0.25) is 0 Å². The van der Waals surface area contributed by atoms with Gasteiger partial charge in [-0.25, -0.2) is 4.79 Å².